The number of carbonyl (C=O) groups excluding carboxylic acids is 1. The molecule has 2 unspecified atom stereocenters. The fourth-order valence-corrected chi connectivity index (χ4v) is 2.41. The van der Waals surface area contributed by atoms with Crippen LogP contribution in [0.25, 0.3) is 0 Å². The van der Waals surface area contributed by atoms with Crippen LogP contribution in [-0.4, -0.2) is 25.5 Å². The number of rotatable bonds is 3. The molecule has 1 aliphatic carbocycles. The fraction of sp³-hybridized carbons (Fsp3) is 0.909. The van der Waals surface area contributed by atoms with E-state index in [-0.39, 0.29) is 11.9 Å². The van der Waals surface area contributed by atoms with E-state index in [0.29, 0.717) is 0 Å². The molecule has 0 spiro atoms. The molecular formula is C11H20N2O. The van der Waals surface area contributed by atoms with Crippen LogP contribution in [0.4, 0.5) is 0 Å². The Morgan fingerprint density at radius 1 is 1.36 bits per heavy atom. The first-order chi connectivity index (χ1) is 6.79. The average Bonchev–Trinajstić information content (AvgIpc) is 3.01. The molecule has 2 N–H and O–H groups in total. The lowest BCUT2D eigenvalue weighted by Gasteiger charge is -2.29. The number of hydrogen-bond acceptors (Lipinski definition) is 2. The highest BCUT2D eigenvalue weighted by Crippen LogP contribution is 2.38. The molecule has 0 aromatic carbocycles. The fourth-order valence-electron chi connectivity index (χ4n) is 2.41. The summed E-state index contributed by atoms with van der Waals surface area (Å²) in [6.07, 6.45) is 6.50. The smallest absolute Gasteiger partial charge is 0.236 e. The number of carbonyl (C=O) groups is 1. The van der Waals surface area contributed by atoms with E-state index in [1.807, 2.05) is 0 Å². The maximum Gasteiger partial charge on any atom is 0.236 e. The Morgan fingerprint density at radius 2 is 2.14 bits per heavy atom. The van der Waals surface area contributed by atoms with Crippen molar-refractivity contribution in [3.63, 3.8) is 0 Å². The van der Waals surface area contributed by atoms with Crippen LogP contribution in [0.15, 0.2) is 0 Å². The summed E-state index contributed by atoms with van der Waals surface area (Å²) in [7, 11) is 1.72. The van der Waals surface area contributed by atoms with E-state index in [4.69, 9.17) is 0 Å². The first kappa shape index (κ1) is 9.97. The lowest BCUT2D eigenvalue weighted by atomic mass is 9.88. The SMILES string of the molecule is CNC(=O)C1CC(CC2CC2)CCN1. The maximum atomic E-state index is 11.4. The van der Waals surface area contributed by atoms with Crippen LogP contribution in [0.2, 0.25) is 0 Å². The molecular weight excluding hydrogens is 176 g/mol. The highest BCUT2D eigenvalue weighted by atomic mass is 16.2. The van der Waals surface area contributed by atoms with Gasteiger partial charge in [0.2, 0.25) is 5.91 Å². The molecule has 80 valence electrons. The van der Waals surface area contributed by atoms with Gasteiger partial charge >= 0.3 is 0 Å². The Bertz CT molecular complexity index is 213. The molecule has 3 heteroatoms. The quantitative estimate of drug-likeness (QED) is 0.704. The minimum atomic E-state index is 0.0671. The Labute approximate surface area is 85.6 Å². The molecule has 2 aliphatic rings. The summed E-state index contributed by atoms with van der Waals surface area (Å²) < 4.78 is 0. The van der Waals surface area contributed by atoms with Crippen molar-refractivity contribution in [3.8, 4) is 0 Å². The highest BCUT2D eigenvalue weighted by molar-refractivity contribution is 5.81. The Kier molecular flexibility index (Phi) is 3.06. The van der Waals surface area contributed by atoms with Crippen LogP contribution in [0.5, 0.6) is 0 Å². The molecule has 14 heavy (non-hydrogen) atoms. The summed E-state index contributed by atoms with van der Waals surface area (Å²) >= 11 is 0. The number of nitrogens with one attached hydrogen (secondary N) is 2. The van der Waals surface area contributed by atoms with E-state index in [0.717, 1.165) is 24.8 Å². The first-order valence-electron chi connectivity index (χ1n) is 5.74. The highest BCUT2D eigenvalue weighted by Gasteiger charge is 2.31. The maximum absolute atomic E-state index is 11.4. The van der Waals surface area contributed by atoms with Gasteiger partial charge in [0.1, 0.15) is 0 Å². The molecule has 1 saturated heterocycles. The second kappa shape index (κ2) is 4.30. The van der Waals surface area contributed by atoms with Gasteiger partial charge in [-0.05, 0) is 37.6 Å². The second-order valence-corrected chi connectivity index (χ2v) is 4.69. The van der Waals surface area contributed by atoms with E-state index in [9.17, 15) is 4.79 Å². The van der Waals surface area contributed by atoms with Gasteiger partial charge in [-0.25, -0.2) is 0 Å². The monoisotopic (exact) mass is 196 g/mol. The third-order valence-corrected chi connectivity index (χ3v) is 3.44. The predicted molar refractivity (Wildman–Crippen MR) is 55.9 cm³/mol. The van der Waals surface area contributed by atoms with E-state index in [2.05, 4.69) is 10.6 Å². The largest absolute Gasteiger partial charge is 0.358 e. The Hall–Kier alpha value is -0.570. The van der Waals surface area contributed by atoms with Gasteiger partial charge in [0.25, 0.3) is 0 Å². The van der Waals surface area contributed by atoms with Crippen LogP contribution in [0, 0.1) is 11.8 Å². The molecule has 2 rings (SSSR count). The molecule has 2 atom stereocenters. The summed E-state index contributed by atoms with van der Waals surface area (Å²) in [6, 6.07) is 0.0671. The van der Waals surface area contributed by atoms with Crippen molar-refractivity contribution in [2.75, 3.05) is 13.6 Å². The summed E-state index contributed by atoms with van der Waals surface area (Å²) in [5.41, 5.74) is 0. The molecule has 0 aromatic heterocycles. The van der Waals surface area contributed by atoms with Crippen molar-refractivity contribution in [1.29, 1.82) is 0 Å². The van der Waals surface area contributed by atoms with E-state index in [1.165, 1.54) is 25.7 Å². The first-order valence-corrected chi connectivity index (χ1v) is 5.74. The van der Waals surface area contributed by atoms with Crippen LogP contribution in [-0.2, 0) is 4.79 Å². The van der Waals surface area contributed by atoms with Crippen molar-refractivity contribution in [1.82, 2.24) is 10.6 Å². The number of hydrogen-bond donors (Lipinski definition) is 2. The van der Waals surface area contributed by atoms with Gasteiger partial charge < -0.3 is 10.6 Å². The summed E-state index contributed by atoms with van der Waals surface area (Å²) in [6.45, 7) is 1.01. The molecule has 1 aliphatic heterocycles. The Balaban J connectivity index is 1.79. The number of amides is 1. The van der Waals surface area contributed by atoms with E-state index in [1.54, 1.807) is 7.05 Å². The zero-order chi connectivity index (χ0) is 9.97. The zero-order valence-corrected chi connectivity index (χ0v) is 8.88. The average molecular weight is 196 g/mol. The van der Waals surface area contributed by atoms with Crippen LogP contribution >= 0.6 is 0 Å². The lowest BCUT2D eigenvalue weighted by molar-refractivity contribution is -0.123. The molecule has 0 radical (unpaired) electrons. The van der Waals surface area contributed by atoms with Crippen molar-refractivity contribution < 1.29 is 4.79 Å². The molecule has 0 bridgehead atoms. The molecule has 1 saturated carbocycles. The third kappa shape index (κ3) is 2.47. The van der Waals surface area contributed by atoms with Crippen molar-refractivity contribution in [2.24, 2.45) is 11.8 Å². The van der Waals surface area contributed by atoms with Gasteiger partial charge in [-0.3, -0.25) is 4.79 Å². The van der Waals surface area contributed by atoms with E-state index >= 15 is 0 Å². The summed E-state index contributed by atoms with van der Waals surface area (Å²) in [5.74, 6) is 1.93. The van der Waals surface area contributed by atoms with Crippen LogP contribution in [0.1, 0.15) is 32.1 Å². The van der Waals surface area contributed by atoms with E-state index < -0.39 is 0 Å². The van der Waals surface area contributed by atoms with Gasteiger partial charge in [0.15, 0.2) is 0 Å². The van der Waals surface area contributed by atoms with Crippen molar-refractivity contribution in [3.05, 3.63) is 0 Å². The number of piperidine rings is 1. The molecule has 2 fully saturated rings. The Morgan fingerprint density at radius 3 is 2.79 bits per heavy atom. The predicted octanol–water partition coefficient (Wildman–Crippen LogP) is 0.901. The minimum absolute atomic E-state index is 0.0671. The van der Waals surface area contributed by atoms with Crippen LogP contribution in [0.3, 0.4) is 0 Å². The summed E-state index contributed by atoms with van der Waals surface area (Å²) in [4.78, 5) is 11.4. The van der Waals surface area contributed by atoms with Gasteiger partial charge in [-0.15, -0.1) is 0 Å². The van der Waals surface area contributed by atoms with Gasteiger partial charge in [0.05, 0.1) is 6.04 Å². The molecule has 1 heterocycles. The van der Waals surface area contributed by atoms with Gasteiger partial charge in [-0.1, -0.05) is 12.8 Å². The molecule has 3 nitrogen and oxygen atoms in total. The third-order valence-electron chi connectivity index (χ3n) is 3.44. The topological polar surface area (TPSA) is 41.1 Å². The van der Waals surface area contributed by atoms with Gasteiger partial charge in [-0.2, -0.15) is 0 Å². The van der Waals surface area contributed by atoms with Crippen molar-refractivity contribution in [2.45, 2.75) is 38.1 Å². The van der Waals surface area contributed by atoms with Gasteiger partial charge in [0, 0.05) is 7.05 Å². The normalized spacial score (nSPS) is 32.6. The van der Waals surface area contributed by atoms with Crippen LogP contribution < -0.4 is 10.6 Å². The zero-order valence-electron chi connectivity index (χ0n) is 8.88. The second-order valence-electron chi connectivity index (χ2n) is 4.69. The summed E-state index contributed by atoms with van der Waals surface area (Å²) in [5, 5.41) is 6.00. The lowest BCUT2D eigenvalue weighted by Crippen LogP contribution is -2.47. The molecule has 1 amide bonds. The minimum Gasteiger partial charge on any atom is -0.358 e. The molecule has 0 aromatic rings. The standard InChI is InChI=1S/C11H20N2O/c1-12-11(14)10-7-9(4-5-13-10)6-8-2-3-8/h8-10,13H,2-7H2,1H3,(H,12,14). The number of likely N-dealkylation sites (N-methyl/N-ethyl adjacent to an activating group) is 1. The van der Waals surface area contributed by atoms with Crippen molar-refractivity contribution >= 4 is 5.91 Å².